The Kier molecular flexibility index (Phi) is 5.37. The van der Waals surface area contributed by atoms with E-state index in [0.717, 1.165) is 5.56 Å². The Hall–Kier alpha value is -1.94. The molecule has 2 N–H and O–H groups in total. The van der Waals surface area contributed by atoms with Crippen molar-refractivity contribution in [3.05, 3.63) is 47.2 Å². The Balaban J connectivity index is 2.21. The highest BCUT2D eigenvalue weighted by Gasteiger charge is 2.34. The maximum Gasteiger partial charge on any atom is 0.168 e. The summed E-state index contributed by atoms with van der Waals surface area (Å²) in [7, 11) is 0. The number of rotatable bonds is 5. The van der Waals surface area contributed by atoms with Gasteiger partial charge in [-0.1, -0.05) is 44.2 Å². The lowest BCUT2D eigenvalue weighted by molar-refractivity contribution is -0.117. The second kappa shape index (κ2) is 7.09. The maximum atomic E-state index is 12.3. The Labute approximate surface area is 137 Å². The molecule has 0 saturated carbocycles. The van der Waals surface area contributed by atoms with Crippen molar-refractivity contribution in [3.63, 3.8) is 0 Å². The predicted octanol–water partition coefficient (Wildman–Crippen LogP) is 3.25. The van der Waals surface area contributed by atoms with Gasteiger partial charge in [-0.15, -0.1) is 0 Å². The first-order valence-corrected chi connectivity index (χ1v) is 7.97. The van der Waals surface area contributed by atoms with Crippen LogP contribution >= 0.6 is 0 Å². The van der Waals surface area contributed by atoms with Gasteiger partial charge in [0.2, 0.25) is 0 Å². The first kappa shape index (κ1) is 17.4. The molecule has 0 heterocycles. The smallest absolute Gasteiger partial charge is 0.168 e. The van der Waals surface area contributed by atoms with Crippen molar-refractivity contribution in [1.82, 2.24) is 0 Å². The molecule has 1 aliphatic carbocycles. The summed E-state index contributed by atoms with van der Waals surface area (Å²) in [4.78, 5) is 16.8. The molecule has 0 amide bonds. The third-order valence-electron chi connectivity index (χ3n) is 4.12. The van der Waals surface area contributed by atoms with Crippen LogP contribution in [0.3, 0.4) is 0 Å². The van der Waals surface area contributed by atoms with Gasteiger partial charge in [0.1, 0.15) is 5.76 Å². The highest BCUT2D eigenvalue weighted by atomic mass is 16.3. The molecule has 4 heteroatoms. The fourth-order valence-electron chi connectivity index (χ4n) is 3.07. The molecule has 4 nitrogen and oxygen atoms in total. The lowest BCUT2D eigenvalue weighted by atomic mass is 9.75. The number of aliphatic hydroxyl groups is 2. The number of nitrogens with zero attached hydrogens (tertiary/aromatic N) is 1. The van der Waals surface area contributed by atoms with E-state index >= 15 is 0 Å². The lowest BCUT2D eigenvalue weighted by Crippen LogP contribution is -2.29. The first-order valence-electron chi connectivity index (χ1n) is 7.97. The van der Waals surface area contributed by atoms with Crippen LogP contribution in [0.5, 0.6) is 0 Å². The predicted molar refractivity (Wildman–Crippen MR) is 91.8 cm³/mol. The third kappa shape index (κ3) is 4.52. The summed E-state index contributed by atoms with van der Waals surface area (Å²) in [6.45, 7) is 5.57. The molecular weight excluding hydrogens is 290 g/mol. The van der Waals surface area contributed by atoms with Crippen LogP contribution in [0.4, 0.5) is 0 Å². The fraction of sp³-hybridized carbons (Fsp3) is 0.474. The van der Waals surface area contributed by atoms with Crippen molar-refractivity contribution in [2.24, 2.45) is 10.4 Å². The van der Waals surface area contributed by atoms with E-state index in [2.05, 4.69) is 4.99 Å². The van der Waals surface area contributed by atoms with Gasteiger partial charge in [-0.2, -0.15) is 0 Å². The minimum Gasteiger partial charge on any atom is -0.511 e. The molecule has 1 aromatic carbocycles. The van der Waals surface area contributed by atoms with Crippen molar-refractivity contribution in [3.8, 4) is 0 Å². The summed E-state index contributed by atoms with van der Waals surface area (Å²) < 4.78 is 0. The highest BCUT2D eigenvalue weighted by molar-refractivity contribution is 6.22. The SMILES string of the molecule is CC(=NC(CO)Cc1ccccc1)C1=C(O)CC(C)(C)CC1=O. The minimum absolute atomic E-state index is 0.0728. The monoisotopic (exact) mass is 315 g/mol. The van der Waals surface area contributed by atoms with Crippen LogP contribution in [0.1, 0.15) is 39.2 Å². The van der Waals surface area contributed by atoms with Crippen LogP contribution in [0.2, 0.25) is 0 Å². The lowest BCUT2D eigenvalue weighted by Gasteiger charge is -2.29. The summed E-state index contributed by atoms with van der Waals surface area (Å²) in [6, 6.07) is 9.48. The largest absolute Gasteiger partial charge is 0.511 e. The number of aliphatic hydroxyl groups excluding tert-OH is 2. The third-order valence-corrected chi connectivity index (χ3v) is 4.12. The molecule has 1 unspecified atom stereocenters. The Bertz CT molecular complexity index is 629. The zero-order valence-corrected chi connectivity index (χ0v) is 14.0. The molecule has 0 saturated heterocycles. The topological polar surface area (TPSA) is 69.9 Å². The summed E-state index contributed by atoms with van der Waals surface area (Å²) in [6.07, 6.45) is 1.48. The number of aliphatic imine (C=N–C) groups is 1. The molecule has 0 fully saturated rings. The van der Waals surface area contributed by atoms with Gasteiger partial charge in [-0.3, -0.25) is 9.79 Å². The maximum absolute atomic E-state index is 12.3. The summed E-state index contributed by atoms with van der Waals surface area (Å²) >= 11 is 0. The molecule has 0 spiro atoms. The molecule has 23 heavy (non-hydrogen) atoms. The molecule has 0 bridgehead atoms. The second-order valence-corrected chi connectivity index (χ2v) is 7.00. The van der Waals surface area contributed by atoms with Crippen molar-refractivity contribution in [2.45, 2.75) is 46.1 Å². The first-order chi connectivity index (χ1) is 10.8. The fourth-order valence-corrected chi connectivity index (χ4v) is 3.07. The number of hydrogen-bond acceptors (Lipinski definition) is 4. The molecule has 1 aromatic rings. The van der Waals surface area contributed by atoms with Gasteiger partial charge >= 0.3 is 0 Å². The number of hydrogen-bond donors (Lipinski definition) is 2. The van der Waals surface area contributed by atoms with Gasteiger partial charge in [0.05, 0.1) is 18.2 Å². The van der Waals surface area contributed by atoms with E-state index in [1.807, 2.05) is 44.2 Å². The van der Waals surface area contributed by atoms with Crippen LogP contribution in [-0.2, 0) is 11.2 Å². The van der Waals surface area contributed by atoms with Crippen LogP contribution in [0.15, 0.2) is 46.7 Å². The van der Waals surface area contributed by atoms with E-state index in [1.54, 1.807) is 6.92 Å². The molecule has 1 atom stereocenters. The average molecular weight is 315 g/mol. The highest BCUT2D eigenvalue weighted by Crippen LogP contribution is 2.36. The molecular formula is C19H25NO3. The van der Waals surface area contributed by atoms with Crippen LogP contribution in [0.25, 0.3) is 0 Å². The van der Waals surface area contributed by atoms with Gasteiger partial charge in [0, 0.05) is 18.6 Å². The number of benzene rings is 1. The summed E-state index contributed by atoms with van der Waals surface area (Å²) in [5.74, 6) is 0.0419. The van der Waals surface area contributed by atoms with Gasteiger partial charge in [0.15, 0.2) is 5.78 Å². The number of allylic oxidation sites excluding steroid dienone is 2. The molecule has 124 valence electrons. The molecule has 1 aliphatic rings. The van der Waals surface area contributed by atoms with Crippen LogP contribution in [-0.4, -0.2) is 34.4 Å². The number of Topliss-reactive ketones (excluding diaryl/α,β-unsaturated/α-hetero) is 1. The summed E-state index contributed by atoms with van der Waals surface area (Å²) in [5.41, 5.74) is 1.71. The van der Waals surface area contributed by atoms with E-state index in [0.29, 0.717) is 30.5 Å². The van der Waals surface area contributed by atoms with E-state index < -0.39 is 0 Å². The van der Waals surface area contributed by atoms with Gasteiger partial charge in [-0.25, -0.2) is 0 Å². The number of carbonyl (C=O) groups is 1. The second-order valence-electron chi connectivity index (χ2n) is 7.00. The van der Waals surface area contributed by atoms with E-state index in [9.17, 15) is 15.0 Å². The molecule has 2 rings (SSSR count). The van der Waals surface area contributed by atoms with Crippen molar-refractivity contribution in [1.29, 1.82) is 0 Å². The number of ketones is 1. The number of carbonyl (C=O) groups excluding carboxylic acids is 1. The Morgan fingerprint density at radius 1 is 1.26 bits per heavy atom. The van der Waals surface area contributed by atoms with E-state index in [-0.39, 0.29) is 29.6 Å². The molecule has 0 aliphatic heterocycles. The van der Waals surface area contributed by atoms with Crippen molar-refractivity contribution < 1.29 is 15.0 Å². The van der Waals surface area contributed by atoms with Gasteiger partial charge in [-0.05, 0) is 24.3 Å². The zero-order valence-electron chi connectivity index (χ0n) is 14.0. The standard InChI is InChI=1S/C19H25NO3/c1-13(18-16(22)10-19(2,3)11-17(18)23)20-15(12-21)9-14-7-5-4-6-8-14/h4-8,15,21-22H,9-12H2,1-3H3. The normalized spacial score (nSPS) is 19.8. The van der Waals surface area contributed by atoms with Crippen molar-refractivity contribution in [2.75, 3.05) is 6.61 Å². The average Bonchev–Trinajstić information content (AvgIpc) is 2.45. The van der Waals surface area contributed by atoms with E-state index in [1.165, 1.54) is 0 Å². The molecule has 0 aromatic heterocycles. The van der Waals surface area contributed by atoms with Crippen LogP contribution in [0, 0.1) is 5.41 Å². The Morgan fingerprint density at radius 3 is 2.48 bits per heavy atom. The molecule has 0 radical (unpaired) electrons. The van der Waals surface area contributed by atoms with Gasteiger partial charge < -0.3 is 10.2 Å². The van der Waals surface area contributed by atoms with E-state index in [4.69, 9.17) is 0 Å². The summed E-state index contributed by atoms with van der Waals surface area (Å²) in [5, 5.41) is 19.8. The Morgan fingerprint density at radius 2 is 1.91 bits per heavy atom. The minimum atomic E-state index is -0.319. The van der Waals surface area contributed by atoms with Crippen LogP contribution < -0.4 is 0 Å². The zero-order chi connectivity index (χ0) is 17.0. The quantitative estimate of drug-likeness (QED) is 0.819. The van der Waals surface area contributed by atoms with Crippen molar-refractivity contribution >= 4 is 11.5 Å². The van der Waals surface area contributed by atoms with Gasteiger partial charge in [0.25, 0.3) is 0 Å².